The van der Waals surface area contributed by atoms with Crippen molar-refractivity contribution in [1.29, 1.82) is 0 Å². The highest BCUT2D eigenvalue weighted by Gasteiger charge is 2.19. The molecule has 4 rings (SSSR count). The van der Waals surface area contributed by atoms with Crippen molar-refractivity contribution in [2.75, 3.05) is 5.32 Å². The number of benzene rings is 1. The monoisotopic (exact) mass is 419 g/mol. The summed E-state index contributed by atoms with van der Waals surface area (Å²) >= 11 is 12.0. The molecule has 3 aromatic heterocycles. The Bertz CT molecular complexity index is 1300. The first-order valence-electron chi connectivity index (χ1n) is 8.24. The van der Waals surface area contributed by atoms with E-state index in [1.165, 1.54) is 4.57 Å². The lowest BCUT2D eigenvalue weighted by Gasteiger charge is -2.09. The van der Waals surface area contributed by atoms with E-state index in [-0.39, 0.29) is 12.2 Å². The first-order chi connectivity index (χ1) is 13.4. The molecule has 0 radical (unpaired) electrons. The van der Waals surface area contributed by atoms with E-state index in [1.807, 2.05) is 0 Å². The number of aryl methyl sites for hydroxylation is 2. The van der Waals surface area contributed by atoms with E-state index >= 15 is 0 Å². The first kappa shape index (κ1) is 18.3. The van der Waals surface area contributed by atoms with Crippen LogP contribution in [0.25, 0.3) is 11.2 Å². The van der Waals surface area contributed by atoms with Gasteiger partial charge >= 0.3 is 5.69 Å². The summed E-state index contributed by atoms with van der Waals surface area (Å²) in [5, 5.41) is 10.5. The van der Waals surface area contributed by atoms with E-state index in [1.54, 1.807) is 49.1 Å². The second-order valence-corrected chi connectivity index (χ2v) is 7.05. The van der Waals surface area contributed by atoms with E-state index in [4.69, 9.17) is 23.2 Å². The molecular weight excluding hydrogens is 405 g/mol. The van der Waals surface area contributed by atoms with Gasteiger partial charge in [0.2, 0.25) is 5.95 Å². The Morgan fingerprint density at radius 2 is 1.89 bits per heavy atom. The zero-order chi connectivity index (χ0) is 20.0. The predicted octanol–water partition coefficient (Wildman–Crippen LogP) is 2.26. The molecule has 0 fully saturated rings. The second kappa shape index (κ2) is 6.84. The molecule has 4 aromatic rings. The molecule has 0 aliphatic heterocycles. The Balaban J connectivity index is 1.86. The molecule has 2 N–H and O–H groups in total. The maximum atomic E-state index is 13.1. The molecule has 9 nitrogen and oxygen atoms in total. The second-order valence-electron chi connectivity index (χ2n) is 6.23. The fourth-order valence-corrected chi connectivity index (χ4v) is 3.28. The first-order valence-corrected chi connectivity index (χ1v) is 8.99. The summed E-state index contributed by atoms with van der Waals surface area (Å²) in [5.41, 5.74) is 0.327. The molecule has 3 heterocycles. The normalized spacial score (nSPS) is 11.3. The van der Waals surface area contributed by atoms with Crippen LogP contribution in [0.1, 0.15) is 5.56 Å². The molecule has 0 spiro atoms. The number of rotatable bonds is 4. The fraction of sp³-hybridized carbons (Fsp3) is 0.176. The van der Waals surface area contributed by atoms with Crippen molar-refractivity contribution in [2.24, 2.45) is 14.1 Å². The van der Waals surface area contributed by atoms with Crippen LogP contribution in [0.4, 0.5) is 11.8 Å². The molecule has 0 amide bonds. The van der Waals surface area contributed by atoms with Gasteiger partial charge in [0.25, 0.3) is 5.56 Å². The molecule has 144 valence electrons. The van der Waals surface area contributed by atoms with Crippen LogP contribution in [-0.2, 0) is 20.6 Å². The number of hydrogen-bond acceptors (Lipinski definition) is 5. The van der Waals surface area contributed by atoms with E-state index < -0.39 is 11.2 Å². The molecular formula is C17H15Cl2N7O2. The van der Waals surface area contributed by atoms with Gasteiger partial charge in [0.15, 0.2) is 17.0 Å². The molecule has 0 saturated carbocycles. The van der Waals surface area contributed by atoms with Gasteiger partial charge in [-0.2, -0.15) is 10.1 Å². The van der Waals surface area contributed by atoms with Crippen molar-refractivity contribution in [3.63, 3.8) is 0 Å². The zero-order valence-electron chi connectivity index (χ0n) is 14.9. The number of halogens is 2. The van der Waals surface area contributed by atoms with E-state index in [2.05, 4.69) is 20.5 Å². The number of hydrogen-bond donors (Lipinski definition) is 2. The van der Waals surface area contributed by atoms with Crippen molar-refractivity contribution in [3.05, 3.63) is 66.9 Å². The Hall–Kier alpha value is -3.04. The molecule has 0 saturated heterocycles. The van der Waals surface area contributed by atoms with Crippen molar-refractivity contribution in [1.82, 2.24) is 28.9 Å². The third-order valence-electron chi connectivity index (χ3n) is 4.43. The molecule has 0 aliphatic rings. The standard InChI is InChI=1S/C17H15Cl2N7O2/c1-24-13-14(22-16(24)21-12-5-6-20-23-12)25(2)17(28)26(15(13)27)8-9-3-4-10(18)11(19)7-9/h3-7H,8H2,1-2H3,(H2,20,21,22,23). The minimum atomic E-state index is -0.479. The van der Waals surface area contributed by atoms with Gasteiger partial charge in [0.05, 0.1) is 16.6 Å². The third kappa shape index (κ3) is 2.98. The van der Waals surface area contributed by atoms with Gasteiger partial charge < -0.3 is 9.88 Å². The number of aromatic amines is 1. The van der Waals surface area contributed by atoms with Crippen LogP contribution < -0.4 is 16.6 Å². The number of imidazole rings is 1. The van der Waals surface area contributed by atoms with E-state index in [0.717, 1.165) is 4.57 Å². The van der Waals surface area contributed by atoms with Crippen LogP contribution in [-0.4, -0.2) is 28.9 Å². The van der Waals surface area contributed by atoms with Gasteiger partial charge in [0.1, 0.15) is 0 Å². The average molecular weight is 420 g/mol. The predicted molar refractivity (Wildman–Crippen MR) is 108 cm³/mol. The lowest BCUT2D eigenvalue weighted by Crippen LogP contribution is -2.39. The Kier molecular flexibility index (Phi) is 4.48. The quantitative estimate of drug-likeness (QED) is 0.527. The SMILES string of the molecule is Cn1c(Nc2cc[nH]n2)nc2c1c(=O)n(Cc1ccc(Cl)c(Cl)c1)c(=O)n2C. The molecule has 0 bridgehead atoms. The highest BCUT2D eigenvalue weighted by molar-refractivity contribution is 6.42. The zero-order valence-corrected chi connectivity index (χ0v) is 16.4. The van der Waals surface area contributed by atoms with Crippen LogP contribution in [0.5, 0.6) is 0 Å². The van der Waals surface area contributed by atoms with Gasteiger partial charge in [-0.15, -0.1) is 0 Å². The molecule has 28 heavy (non-hydrogen) atoms. The number of aromatic nitrogens is 6. The highest BCUT2D eigenvalue weighted by atomic mass is 35.5. The summed E-state index contributed by atoms with van der Waals surface area (Å²) in [4.78, 5) is 30.2. The lowest BCUT2D eigenvalue weighted by atomic mass is 10.2. The number of H-pyrrole nitrogens is 1. The molecule has 1 aromatic carbocycles. The van der Waals surface area contributed by atoms with Crippen LogP contribution >= 0.6 is 23.2 Å². The largest absolute Gasteiger partial charge is 0.332 e. The van der Waals surface area contributed by atoms with Gasteiger partial charge in [-0.25, -0.2) is 4.79 Å². The highest BCUT2D eigenvalue weighted by Crippen LogP contribution is 2.23. The third-order valence-corrected chi connectivity index (χ3v) is 5.16. The van der Waals surface area contributed by atoms with Crippen molar-refractivity contribution < 1.29 is 0 Å². The van der Waals surface area contributed by atoms with Gasteiger partial charge in [0, 0.05) is 26.4 Å². The summed E-state index contributed by atoms with van der Waals surface area (Å²) in [6, 6.07) is 6.70. The van der Waals surface area contributed by atoms with Gasteiger partial charge in [-0.3, -0.25) is 19.0 Å². The smallest absolute Gasteiger partial charge is 0.309 e. The summed E-state index contributed by atoms with van der Waals surface area (Å²) in [6.07, 6.45) is 1.66. The van der Waals surface area contributed by atoms with Crippen molar-refractivity contribution >= 4 is 46.1 Å². The lowest BCUT2D eigenvalue weighted by molar-refractivity contribution is 0.655. The van der Waals surface area contributed by atoms with Crippen molar-refractivity contribution in [3.8, 4) is 0 Å². The van der Waals surface area contributed by atoms with Crippen LogP contribution in [0.15, 0.2) is 40.1 Å². The topological polar surface area (TPSA) is 103 Å². The van der Waals surface area contributed by atoms with Crippen LogP contribution in [0.2, 0.25) is 10.0 Å². The number of nitrogens with zero attached hydrogens (tertiary/aromatic N) is 5. The minimum Gasteiger partial charge on any atom is -0.309 e. The Morgan fingerprint density at radius 1 is 1.11 bits per heavy atom. The van der Waals surface area contributed by atoms with E-state index in [9.17, 15) is 9.59 Å². The van der Waals surface area contributed by atoms with Gasteiger partial charge in [-0.05, 0) is 17.7 Å². The molecule has 0 atom stereocenters. The summed E-state index contributed by atoms with van der Waals surface area (Å²) in [7, 11) is 3.26. The van der Waals surface area contributed by atoms with Crippen LogP contribution in [0.3, 0.4) is 0 Å². The van der Waals surface area contributed by atoms with Crippen LogP contribution in [0, 0.1) is 0 Å². The fourth-order valence-electron chi connectivity index (χ4n) is 2.96. The molecule has 0 aliphatic carbocycles. The minimum absolute atomic E-state index is 0.0612. The maximum absolute atomic E-state index is 13.1. The van der Waals surface area contributed by atoms with Gasteiger partial charge in [-0.1, -0.05) is 29.3 Å². The van der Waals surface area contributed by atoms with E-state index in [0.29, 0.717) is 32.9 Å². The summed E-state index contributed by atoms with van der Waals surface area (Å²) in [6.45, 7) is 0.0612. The Morgan fingerprint density at radius 3 is 2.57 bits per heavy atom. The number of anilines is 2. The maximum Gasteiger partial charge on any atom is 0.332 e. The molecule has 0 unspecified atom stereocenters. The average Bonchev–Trinajstić information content (AvgIpc) is 3.29. The number of nitrogens with one attached hydrogen (secondary N) is 2. The number of fused-ring (bicyclic) bond motifs is 1. The molecule has 11 heteroatoms. The summed E-state index contributed by atoms with van der Waals surface area (Å²) < 4.78 is 4.07. The van der Waals surface area contributed by atoms with Crippen molar-refractivity contribution in [2.45, 2.75) is 6.54 Å². The summed E-state index contributed by atoms with van der Waals surface area (Å²) in [5.74, 6) is 0.932. The Labute approximate surface area is 168 Å².